The zero-order valence-corrected chi connectivity index (χ0v) is 19.8. The monoisotopic (exact) mass is 531 g/mol. The first-order valence-corrected chi connectivity index (χ1v) is 10.9. The molecule has 0 rings (SSSR count). The number of carbonyl (C=O) groups is 7. The first-order chi connectivity index (χ1) is 17.1. The highest BCUT2D eigenvalue weighted by atomic mass is 16.4. The van der Waals surface area contributed by atoms with Gasteiger partial charge in [-0.1, -0.05) is 0 Å². The number of rotatable bonds is 18. The second kappa shape index (κ2) is 16.2. The summed E-state index contributed by atoms with van der Waals surface area (Å²) in [6.45, 7) is 0.173. The number of carbonyl (C=O) groups excluding carboxylic acids is 5. The number of nitrogens with zero attached hydrogens (tertiary/aromatic N) is 1. The second-order valence-electron chi connectivity index (χ2n) is 7.85. The molecule has 0 bridgehead atoms. The fourth-order valence-electron chi connectivity index (χ4n) is 2.81. The van der Waals surface area contributed by atoms with Crippen LogP contribution in [0, 0.1) is 0 Å². The van der Waals surface area contributed by atoms with Gasteiger partial charge in [-0.15, -0.1) is 0 Å². The molecule has 0 aromatic carbocycles. The van der Waals surface area contributed by atoms with Gasteiger partial charge < -0.3 is 54.8 Å². The zero-order chi connectivity index (χ0) is 28.7. The van der Waals surface area contributed by atoms with Crippen LogP contribution in [-0.4, -0.2) is 88.4 Å². The summed E-state index contributed by atoms with van der Waals surface area (Å²) in [6.07, 6.45) is -2.12. The van der Waals surface area contributed by atoms with Gasteiger partial charge in [-0.25, -0.2) is 4.79 Å². The Labute approximate surface area is 210 Å². The van der Waals surface area contributed by atoms with E-state index in [1.807, 2.05) is 5.32 Å². The van der Waals surface area contributed by atoms with Crippen molar-refractivity contribution >= 4 is 47.4 Å². The first kappa shape index (κ1) is 32.5. The molecule has 0 saturated carbocycles. The molecular weight excluding hydrogens is 498 g/mol. The molecule has 4 atom stereocenters. The predicted octanol–water partition coefficient (Wildman–Crippen LogP) is -5.48. The van der Waals surface area contributed by atoms with Gasteiger partial charge >= 0.3 is 11.9 Å². The minimum atomic E-state index is -1.75. The van der Waals surface area contributed by atoms with Crippen LogP contribution < -0.4 is 44.6 Å². The lowest BCUT2D eigenvalue weighted by molar-refractivity contribution is -0.144. The maximum Gasteiger partial charge on any atom is 0.326 e. The maximum absolute atomic E-state index is 12.8. The molecule has 0 spiro atoms. The van der Waals surface area contributed by atoms with Gasteiger partial charge in [0.1, 0.15) is 18.1 Å². The number of primary amides is 2. The Kier molecular flexibility index (Phi) is 14.3. The number of aliphatic carboxylic acids is 2. The van der Waals surface area contributed by atoms with Crippen LogP contribution in [0.5, 0.6) is 0 Å². The van der Waals surface area contributed by atoms with Crippen LogP contribution >= 0.6 is 0 Å². The summed E-state index contributed by atoms with van der Waals surface area (Å²) >= 11 is 0. The minimum Gasteiger partial charge on any atom is -0.481 e. The van der Waals surface area contributed by atoms with Gasteiger partial charge in [0.2, 0.25) is 29.5 Å². The molecule has 0 aromatic rings. The van der Waals surface area contributed by atoms with Crippen molar-refractivity contribution in [1.82, 2.24) is 16.0 Å². The fraction of sp³-hybridized carbons (Fsp3) is 0.579. The highest BCUT2D eigenvalue weighted by Gasteiger charge is 2.32. The third-order valence-corrected chi connectivity index (χ3v) is 4.65. The number of amides is 5. The first-order valence-electron chi connectivity index (χ1n) is 10.9. The molecule has 0 aliphatic carbocycles. The number of carboxylic acid groups (broad SMARTS) is 2. The van der Waals surface area contributed by atoms with E-state index in [9.17, 15) is 33.6 Å². The van der Waals surface area contributed by atoms with Gasteiger partial charge in [-0.2, -0.15) is 0 Å². The van der Waals surface area contributed by atoms with Crippen molar-refractivity contribution in [3.8, 4) is 0 Å². The largest absolute Gasteiger partial charge is 0.481 e. The predicted molar refractivity (Wildman–Crippen MR) is 126 cm³/mol. The van der Waals surface area contributed by atoms with E-state index in [1.165, 1.54) is 0 Å². The molecule has 208 valence electrons. The number of nitrogens with one attached hydrogen (secondary N) is 3. The van der Waals surface area contributed by atoms with Gasteiger partial charge in [0, 0.05) is 13.0 Å². The van der Waals surface area contributed by atoms with Gasteiger partial charge in [0.15, 0.2) is 5.96 Å². The van der Waals surface area contributed by atoms with E-state index in [0.717, 1.165) is 0 Å². The molecule has 18 nitrogen and oxygen atoms in total. The van der Waals surface area contributed by atoms with Crippen LogP contribution in [0.1, 0.15) is 38.5 Å². The van der Waals surface area contributed by atoms with Crippen LogP contribution in [0.15, 0.2) is 4.99 Å². The van der Waals surface area contributed by atoms with Crippen LogP contribution in [0.4, 0.5) is 0 Å². The Balaban J connectivity index is 5.52. The number of carboxylic acids is 2. The van der Waals surface area contributed by atoms with E-state index in [2.05, 4.69) is 15.6 Å². The van der Waals surface area contributed by atoms with E-state index in [4.69, 9.17) is 38.9 Å². The maximum atomic E-state index is 12.8. The van der Waals surface area contributed by atoms with E-state index in [1.54, 1.807) is 0 Å². The Hall–Kier alpha value is -4.48. The fourth-order valence-corrected chi connectivity index (χ4v) is 2.81. The lowest BCUT2D eigenvalue weighted by Crippen LogP contribution is -2.57. The zero-order valence-electron chi connectivity index (χ0n) is 19.8. The lowest BCUT2D eigenvalue weighted by Gasteiger charge is -2.24. The Bertz CT molecular complexity index is 905. The molecular formula is C19H33N9O9. The molecule has 0 saturated heterocycles. The molecule has 0 aliphatic rings. The van der Waals surface area contributed by atoms with Gasteiger partial charge in [0.25, 0.3) is 0 Å². The number of aliphatic imine (C=N–C) groups is 1. The van der Waals surface area contributed by atoms with Crippen molar-refractivity contribution in [2.24, 2.45) is 33.7 Å². The Morgan fingerprint density at radius 2 is 1.24 bits per heavy atom. The SMILES string of the molecule is NC(=O)CCC(NC(=O)C(CC(=O)O)NC(=O)C(N)CCCN=C(N)N)C(=O)NC(CC(N)=O)C(=O)O. The normalized spacial score (nSPS) is 13.6. The van der Waals surface area contributed by atoms with Crippen molar-refractivity contribution in [3.05, 3.63) is 0 Å². The molecule has 5 amide bonds. The molecule has 0 aromatic heterocycles. The molecule has 0 radical (unpaired) electrons. The average Bonchev–Trinajstić information content (AvgIpc) is 2.76. The molecule has 0 fully saturated rings. The van der Waals surface area contributed by atoms with Crippen LogP contribution in [0.3, 0.4) is 0 Å². The van der Waals surface area contributed by atoms with Crippen molar-refractivity contribution in [3.63, 3.8) is 0 Å². The quantitative estimate of drug-likeness (QED) is 0.0449. The second-order valence-corrected chi connectivity index (χ2v) is 7.85. The van der Waals surface area contributed by atoms with Crippen molar-refractivity contribution in [2.45, 2.75) is 62.7 Å². The molecule has 0 aliphatic heterocycles. The number of hydrogen-bond acceptors (Lipinski definition) is 9. The topological polar surface area (TPSA) is 338 Å². The summed E-state index contributed by atoms with van der Waals surface area (Å²) < 4.78 is 0. The molecule has 15 N–H and O–H groups in total. The highest BCUT2D eigenvalue weighted by Crippen LogP contribution is 2.04. The lowest BCUT2D eigenvalue weighted by atomic mass is 10.1. The number of nitrogens with two attached hydrogens (primary N) is 5. The summed E-state index contributed by atoms with van der Waals surface area (Å²) in [7, 11) is 0. The summed E-state index contributed by atoms with van der Waals surface area (Å²) in [5.41, 5.74) is 26.2. The van der Waals surface area contributed by atoms with Crippen LogP contribution in [0.25, 0.3) is 0 Å². The number of guanidine groups is 1. The van der Waals surface area contributed by atoms with Crippen molar-refractivity contribution in [2.75, 3.05) is 6.54 Å². The highest BCUT2D eigenvalue weighted by molar-refractivity contribution is 5.96. The summed E-state index contributed by atoms with van der Waals surface area (Å²) in [5.74, 6) is -8.28. The van der Waals surface area contributed by atoms with Gasteiger partial charge in [-0.05, 0) is 19.3 Å². The molecule has 18 heteroatoms. The van der Waals surface area contributed by atoms with Crippen LogP contribution in [-0.2, 0) is 33.6 Å². The molecule has 37 heavy (non-hydrogen) atoms. The van der Waals surface area contributed by atoms with E-state index in [0.29, 0.717) is 6.42 Å². The van der Waals surface area contributed by atoms with E-state index in [-0.39, 0.29) is 18.9 Å². The van der Waals surface area contributed by atoms with E-state index < -0.39 is 91.3 Å². The minimum absolute atomic E-state index is 0.0874. The van der Waals surface area contributed by atoms with Gasteiger partial charge in [-0.3, -0.25) is 33.8 Å². The average molecular weight is 532 g/mol. The van der Waals surface area contributed by atoms with Crippen molar-refractivity contribution in [1.29, 1.82) is 0 Å². The summed E-state index contributed by atoms with van der Waals surface area (Å²) in [5, 5.41) is 24.6. The molecule has 0 heterocycles. The van der Waals surface area contributed by atoms with Crippen molar-refractivity contribution < 1.29 is 43.8 Å². The van der Waals surface area contributed by atoms with Gasteiger partial charge in [0.05, 0.1) is 18.9 Å². The van der Waals surface area contributed by atoms with E-state index >= 15 is 0 Å². The third-order valence-electron chi connectivity index (χ3n) is 4.65. The van der Waals surface area contributed by atoms with Crippen LogP contribution in [0.2, 0.25) is 0 Å². The summed E-state index contributed by atoms with van der Waals surface area (Å²) in [4.78, 5) is 86.3. The third kappa shape index (κ3) is 14.5. The smallest absolute Gasteiger partial charge is 0.326 e. The Morgan fingerprint density at radius 3 is 1.73 bits per heavy atom. The molecule has 4 unspecified atom stereocenters. The Morgan fingerprint density at radius 1 is 0.703 bits per heavy atom. The summed E-state index contributed by atoms with van der Waals surface area (Å²) in [6, 6.07) is -6.18. The number of hydrogen-bond donors (Lipinski definition) is 10. The standard InChI is InChI=1S/C19H33N9O9/c20-8(2-1-5-25-19(23)24)15(33)27-10(7-14(31)32)17(35)26-9(3-4-12(21)29)16(34)28-11(18(36)37)6-13(22)30/h8-11H,1-7,20H2,(H2,21,29)(H2,22,30)(H,26,35)(H,27,33)(H,28,34)(H,31,32)(H,36,37)(H4,23,24,25).